The van der Waals surface area contributed by atoms with Gasteiger partial charge in [0.2, 0.25) is 0 Å². The monoisotopic (exact) mass is 422 g/mol. The first-order chi connectivity index (χ1) is 15.0. The number of ether oxygens (including phenoxy) is 2. The number of pyridine rings is 1. The number of anilines is 3. The Bertz CT molecular complexity index is 1040. The highest BCUT2D eigenvalue weighted by atomic mass is 19.1. The normalized spacial score (nSPS) is 10.6. The van der Waals surface area contributed by atoms with E-state index in [4.69, 9.17) is 15.2 Å². The summed E-state index contributed by atoms with van der Waals surface area (Å²) < 4.78 is 23.7. The van der Waals surface area contributed by atoms with Crippen LogP contribution in [0.2, 0.25) is 0 Å². The van der Waals surface area contributed by atoms with Crippen molar-refractivity contribution in [3.63, 3.8) is 0 Å². The number of carbonyl (C=O) groups excluding carboxylic acids is 1. The number of nitrogens with two attached hydrogens (primary N) is 1. The highest BCUT2D eigenvalue weighted by Crippen LogP contribution is 2.29. The third kappa shape index (κ3) is 6.46. The predicted molar refractivity (Wildman–Crippen MR) is 119 cm³/mol. The summed E-state index contributed by atoms with van der Waals surface area (Å²) in [6.45, 7) is 2.49. The average Bonchev–Trinajstić information content (AvgIpc) is 2.76. The predicted octanol–water partition coefficient (Wildman–Crippen LogP) is 4.65. The van der Waals surface area contributed by atoms with E-state index >= 15 is 0 Å². The van der Waals surface area contributed by atoms with Crippen LogP contribution in [0.3, 0.4) is 0 Å². The van der Waals surface area contributed by atoms with Gasteiger partial charge < -0.3 is 25.8 Å². The van der Waals surface area contributed by atoms with Crippen molar-refractivity contribution in [1.82, 2.24) is 4.98 Å². The summed E-state index contributed by atoms with van der Waals surface area (Å²) in [5.41, 5.74) is 8.11. The molecule has 0 spiro atoms. The van der Waals surface area contributed by atoms with E-state index < -0.39 is 5.97 Å². The smallest absolute Gasteiger partial charge is 0.330 e. The van der Waals surface area contributed by atoms with Crippen molar-refractivity contribution >= 4 is 29.2 Å². The maximum atomic E-state index is 12.9. The van der Waals surface area contributed by atoms with Crippen molar-refractivity contribution in [2.24, 2.45) is 0 Å². The lowest BCUT2D eigenvalue weighted by Gasteiger charge is -2.12. The van der Waals surface area contributed by atoms with Gasteiger partial charge in [-0.15, -0.1) is 0 Å². The Hall–Kier alpha value is -4.07. The van der Waals surface area contributed by atoms with Crippen molar-refractivity contribution in [2.75, 3.05) is 29.6 Å². The van der Waals surface area contributed by atoms with Gasteiger partial charge in [-0.3, -0.25) is 0 Å². The molecule has 0 saturated heterocycles. The molecular weight excluding hydrogens is 399 g/mol. The lowest BCUT2D eigenvalue weighted by Crippen LogP contribution is -2.11. The van der Waals surface area contributed by atoms with Crippen molar-refractivity contribution in [2.45, 2.75) is 6.92 Å². The zero-order valence-electron chi connectivity index (χ0n) is 17.0. The molecule has 3 rings (SSSR count). The van der Waals surface area contributed by atoms with Crippen LogP contribution in [0.1, 0.15) is 12.5 Å². The molecule has 1 heterocycles. The van der Waals surface area contributed by atoms with Crippen molar-refractivity contribution in [3.05, 3.63) is 78.3 Å². The largest absolute Gasteiger partial charge is 0.463 e. The molecule has 4 N–H and O–H groups in total. The number of esters is 1. The summed E-state index contributed by atoms with van der Waals surface area (Å²) >= 11 is 0. The second-order valence-corrected chi connectivity index (χ2v) is 6.36. The Morgan fingerprint density at radius 3 is 2.35 bits per heavy atom. The minimum Gasteiger partial charge on any atom is -0.463 e. The van der Waals surface area contributed by atoms with E-state index in [1.165, 1.54) is 30.5 Å². The molecule has 0 fully saturated rings. The number of nitrogens with zero attached hydrogens (tertiary/aromatic N) is 1. The first-order valence-electron chi connectivity index (χ1n) is 9.65. The summed E-state index contributed by atoms with van der Waals surface area (Å²) in [7, 11) is 0. The average molecular weight is 422 g/mol. The van der Waals surface area contributed by atoms with Gasteiger partial charge in [0.05, 0.1) is 18.8 Å². The van der Waals surface area contributed by atoms with E-state index in [9.17, 15) is 9.18 Å². The Morgan fingerprint density at radius 1 is 1.06 bits per heavy atom. The number of nitrogens with one attached hydrogen (secondary N) is 2. The van der Waals surface area contributed by atoms with E-state index in [-0.39, 0.29) is 18.2 Å². The molecule has 2 aromatic carbocycles. The summed E-state index contributed by atoms with van der Waals surface area (Å²) in [6.07, 6.45) is 4.33. The summed E-state index contributed by atoms with van der Waals surface area (Å²) in [4.78, 5) is 15.6. The van der Waals surface area contributed by atoms with Gasteiger partial charge in [-0.2, -0.15) is 0 Å². The Labute approximate surface area is 179 Å². The number of nitrogen functional groups attached to an aromatic ring is 1. The molecular formula is C23H23FN4O3. The zero-order valence-corrected chi connectivity index (χ0v) is 17.0. The number of rotatable bonds is 9. The van der Waals surface area contributed by atoms with Gasteiger partial charge in [0, 0.05) is 23.6 Å². The minimum atomic E-state index is -0.471. The summed E-state index contributed by atoms with van der Waals surface area (Å²) in [5, 5.41) is 6.36. The van der Waals surface area contributed by atoms with Gasteiger partial charge in [-0.1, -0.05) is 0 Å². The van der Waals surface area contributed by atoms with E-state index in [0.29, 0.717) is 23.7 Å². The fourth-order valence-electron chi connectivity index (χ4n) is 2.65. The first-order valence-corrected chi connectivity index (χ1v) is 9.65. The number of hydrogen-bond acceptors (Lipinski definition) is 7. The minimum absolute atomic E-state index is 0.239. The van der Waals surface area contributed by atoms with Gasteiger partial charge >= 0.3 is 5.97 Å². The standard InChI is InChI=1S/C23H23FN4O3/c1-2-30-22(29)12-11-20-21(13-14-26-23(20)25)31-19-9-7-18(8-10-19)28-15-27-17-5-3-16(24)4-6-17/h3-14,27-28H,2,15H2,1H3,(H2,25,26)/b12-11+. The molecule has 0 saturated carbocycles. The third-order valence-electron chi connectivity index (χ3n) is 4.16. The van der Waals surface area contributed by atoms with Crippen LogP contribution in [-0.2, 0) is 9.53 Å². The number of hydrogen-bond donors (Lipinski definition) is 3. The van der Waals surface area contributed by atoms with Crippen LogP contribution in [-0.4, -0.2) is 24.2 Å². The zero-order chi connectivity index (χ0) is 22.1. The van der Waals surface area contributed by atoms with Crippen molar-refractivity contribution < 1.29 is 18.7 Å². The van der Waals surface area contributed by atoms with Crippen molar-refractivity contribution in [3.8, 4) is 11.5 Å². The lowest BCUT2D eigenvalue weighted by atomic mass is 10.2. The summed E-state index contributed by atoms with van der Waals surface area (Å²) in [6, 6.07) is 15.1. The number of aromatic nitrogens is 1. The number of benzene rings is 2. The molecule has 8 heteroatoms. The van der Waals surface area contributed by atoms with Crippen molar-refractivity contribution in [1.29, 1.82) is 0 Å². The molecule has 0 aliphatic heterocycles. The van der Waals surface area contributed by atoms with Crippen LogP contribution in [0.4, 0.5) is 21.6 Å². The van der Waals surface area contributed by atoms with Gasteiger partial charge in [0.1, 0.15) is 23.1 Å². The van der Waals surface area contributed by atoms with Crippen LogP contribution in [0.15, 0.2) is 66.9 Å². The van der Waals surface area contributed by atoms with E-state index in [1.54, 1.807) is 37.3 Å². The number of carbonyl (C=O) groups is 1. The fraction of sp³-hybridized carbons (Fsp3) is 0.130. The topological polar surface area (TPSA) is 98.5 Å². The van der Waals surface area contributed by atoms with Crippen LogP contribution < -0.4 is 21.1 Å². The maximum absolute atomic E-state index is 12.9. The van der Waals surface area contributed by atoms with Gasteiger partial charge in [-0.25, -0.2) is 14.2 Å². The molecule has 160 valence electrons. The maximum Gasteiger partial charge on any atom is 0.330 e. The molecule has 0 unspecified atom stereocenters. The first kappa shape index (κ1) is 21.6. The second kappa shape index (κ2) is 10.6. The molecule has 0 amide bonds. The van der Waals surface area contributed by atoms with Crippen LogP contribution in [0, 0.1) is 5.82 Å². The molecule has 3 aromatic rings. The molecule has 1 aromatic heterocycles. The highest BCUT2D eigenvalue weighted by molar-refractivity contribution is 5.88. The Kier molecular flexibility index (Phi) is 7.42. The Balaban J connectivity index is 1.61. The quantitative estimate of drug-likeness (QED) is 0.262. The number of halogens is 1. The SMILES string of the molecule is CCOC(=O)/C=C/c1c(Oc2ccc(NCNc3ccc(F)cc3)cc2)ccnc1N. The Morgan fingerprint density at radius 2 is 1.71 bits per heavy atom. The molecule has 0 atom stereocenters. The highest BCUT2D eigenvalue weighted by Gasteiger charge is 2.08. The second-order valence-electron chi connectivity index (χ2n) is 6.36. The van der Waals surface area contributed by atoms with E-state index in [0.717, 1.165) is 11.4 Å². The van der Waals surface area contributed by atoms with Gasteiger partial charge in [0.15, 0.2) is 0 Å². The lowest BCUT2D eigenvalue weighted by molar-refractivity contribution is -0.137. The van der Waals surface area contributed by atoms with E-state index in [2.05, 4.69) is 15.6 Å². The molecule has 0 aliphatic carbocycles. The third-order valence-corrected chi connectivity index (χ3v) is 4.16. The molecule has 31 heavy (non-hydrogen) atoms. The molecule has 0 radical (unpaired) electrons. The van der Waals surface area contributed by atoms with Gasteiger partial charge in [-0.05, 0) is 67.6 Å². The van der Waals surface area contributed by atoms with Crippen LogP contribution >= 0.6 is 0 Å². The summed E-state index contributed by atoms with van der Waals surface area (Å²) in [5.74, 6) is 0.550. The fourth-order valence-corrected chi connectivity index (χ4v) is 2.65. The van der Waals surface area contributed by atoms with Gasteiger partial charge in [0.25, 0.3) is 0 Å². The molecule has 7 nitrogen and oxygen atoms in total. The van der Waals surface area contributed by atoms with E-state index in [1.807, 2.05) is 12.1 Å². The molecule has 0 bridgehead atoms. The van der Waals surface area contributed by atoms with Crippen LogP contribution in [0.5, 0.6) is 11.5 Å². The van der Waals surface area contributed by atoms with Crippen LogP contribution in [0.25, 0.3) is 6.08 Å². The molecule has 0 aliphatic rings.